The van der Waals surface area contributed by atoms with Crippen molar-refractivity contribution in [2.24, 2.45) is 0 Å². The zero-order chi connectivity index (χ0) is 19.2. The lowest BCUT2D eigenvalue weighted by Gasteiger charge is -2.27. The van der Waals surface area contributed by atoms with Crippen LogP contribution >= 0.6 is 0 Å². The molecule has 0 bridgehead atoms. The van der Waals surface area contributed by atoms with Crippen LogP contribution in [0.4, 0.5) is 10.5 Å². The Bertz CT molecular complexity index is 698. The molecule has 2 rings (SSSR count). The van der Waals surface area contributed by atoms with Gasteiger partial charge in [-0.25, -0.2) is 13.2 Å². The van der Waals surface area contributed by atoms with E-state index in [1.165, 1.54) is 17.0 Å². The molecule has 0 heterocycles. The lowest BCUT2D eigenvalue weighted by molar-refractivity contribution is 0.233. The fourth-order valence-corrected chi connectivity index (χ4v) is 4.37. The van der Waals surface area contributed by atoms with Gasteiger partial charge in [0.05, 0.1) is 18.5 Å². The molecule has 146 valence electrons. The van der Waals surface area contributed by atoms with Crippen LogP contribution in [0.25, 0.3) is 0 Å². The first-order valence-electron chi connectivity index (χ1n) is 9.40. The zero-order valence-electron chi connectivity index (χ0n) is 16.0. The average Bonchev–Trinajstić information content (AvgIpc) is 2.58. The van der Waals surface area contributed by atoms with E-state index in [4.69, 9.17) is 0 Å². The summed E-state index contributed by atoms with van der Waals surface area (Å²) in [5, 5.41) is 5.78. The summed E-state index contributed by atoms with van der Waals surface area (Å²) >= 11 is 0. The van der Waals surface area contributed by atoms with E-state index in [0.29, 0.717) is 5.69 Å². The topological polar surface area (TPSA) is 78.5 Å². The monoisotopic (exact) mass is 381 g/mol. The smallest absolute Gasteiger partial charge is 0.315 e. The van der Waals surface area contributed by atoms with Crippen molar-refractivity contribution in [1.82, 2.24) is 10.6 Å². The lowest BCUT2D eigenvalue weighted by atomic mass is 9.96. The van der Waals surface area contributed by atoms with Crippen molar-refractivity contribution in [3.05, 3.63) is 29.8 Å². The molecule has 1 aromatic rings. The molecule has 1 fully saturated rings. The summed E-state index contributed by atoms with van der Waals surface area (Å²) in [6.07, 6.45) is 6.78. The molecule has 0 aromatic heterocycles. The molecule has 0 spiro atoms. The molecule has 0 unspecified atom stereocenters. The van der Waals surface area contributed by atoms with E-state index in [-0.39, 0.29) is 31.1 Å². The largest absolute Gasteiger partial charge is 0.336 e. The molecule has 1 aromatic carbocycles. The van der Waals surface area contributed by atoms with Gasteiger partial charge in [0.25, 0.3) is 0 Å². The summed E-state index contributed by atoms with van der Waals surface area (Å²) in [6, 6.07) is 7.52. The highest BCUT2D eigenvalue weighted by molar-refractivity contribution is 7.92. The summed E-state index contributed by atoms with van der Waals surface area (Å²) in [7, 11) is -3.44. The van der Waals surface area contributed by atoms with E-state index in [0.717, 1.165) is 31.2 Å². The van der Waals surface area contributed by atoms with Crippen LogP contribution in [0.2, 0.25) is 0 Å². The van der Waals surface area contributed by atoms with Crippen molar-refractivity contribution < 1.29 is 13.2 Å². The number of para-hydroxylation sites is 1. The van der Waals surface area contributed by atoms with Gasteiger partial charge in [0.1, 0.15) is 0 Å². The SMILES string of the molecule is CC(C)c1ccccc1N(CCNC(=O)NC1CCCCC1)S(C)(=O)=O. The Hall–Kier alpha value is -1.76. The Morgan fingerprint density at radius 3 is 2.46 bits per heavy atom. The van der Waals surface area contributed by atoms with Crippen LogP contribution in [0.5, 0.6) is 0 Å². The molecule has 0 saturated heterocycles. The van der Waals surface area contributed by atoms with Crippen LogP contribution in [0.15, 0.2) is 24.3 Å². The highest BCUT2D eigenvalue weighted by atomic mass is 32.2. The van der Waals surface area contributed by atoms with E-state index in [1.54, 1.807) is 0 Å². The average molecular weight is 382 g/mol. The van der Waals surface area contributed by atoms with E-state index in [9.17, 15) is 13.2 Å². The Morgan fingerprint density at radius 2 is 1.85 bits per heavy atom. The van der Waals surface area contributed by atoms with E-state index in [1.807, 2.05) is 38.1 Å². The molecule has 1 aliphatic rings. The predicted molar refractivity (Wildman–Crippen MR) is 106 cm³/mol. The zero-order valence-corrected chi connectivity index (χ0v) is 16.8. The molecule has 6 nitrogen and oxygen atoms in total. The molecule has 0 radical (unpaired) electrons. The normalized spacial score (nSPS) is 15.7. The van der Waals surface area contributed by atoms with Gasteiger partial charge in [-0.15, -0.1) is 0 Å². The quantitative estimate of drug-likeness (QED) is 0.761. The second-order valence-electron chi connectivity index (χ2n) is 7.28. The number of amides is 2. The second kappa shape index (κ2) is 9.26. The van der Waals surface area contributed by atoms with Gasteiger partial charge in [-0.3, -0.25) is 4.31 Å². The van der Waals surface area contributed by atoms with Gasteiger partial charge in [0.15, 0.2) is 0 Å². The number of hydrogen-bond acceptors (Lipinski definition) is 3. The molecule has 0 atom stereocenters. The van der Waals surface area contributed by atoms with Gasteiger partial charge in [0.2, 0.25) is 10.0 Å². The number of anilines is 1. The number of hydrogen-bond donors (Lipinski definition) is 2. The minimum atomic E-state index is -3.44. The maximum Gasteiger partial charge on any atom is 0.315 e. The van der Waals surface area contributed by atoms with E-state index >= 15 is 0 Å². The van der Waals surface area contributed by atoms with Gasteiger partial charge in [-0.2, -0.15) is 0 Å². The van der Waals surface area contributed by atoms with Crippen molar-refractivity contribution in [1.29, 1.82) is 0 Å². The van der Waals surface area contributed by atoms with Gasteiger partial charge in [0, 0.05) is 12.6 Å². The van der Waals surface area contributed by atoms with Crippen LogP contribution < -0.4 is 14.9 Å². The number of benzene rings is 1. The summed E-state index contributed by atoms with van der Waals surface area (Å²) in [5.74, 6) is 0.206. The third-order valence-electron chi connectivity index (χ3n) is 4.77. The van der Waals surface area contributed by atoms with E-state index < -0.39 is 10.0 Å². The first kappa shape index (κ1) is 20.6. The number of carbonyl (C=O) groups is 1. The lowest BCUT2D eigenvalue weighted by Crippen LogP contribution is -2.46. The maximum atomic E-state index is 12.3. The number of carbonyl (C=O) groups excluding carboxylic acids is 1. The van der Waals surface area contributed by atoms with Crippen molar-refractivity contribution in [2.45, 2.75) is 57.9 Å². The predicted octanol–water partition coefficient (Wildman–Crippen LogP) is 3.21. The van der Waals surface area contributed by atoms with Crippen LogP contribution in [0.1, 0.15) is 57.4 Å². The third-order valence-corrected chi connectivity index (χ3v) is 5.95. The molecule has 1 aliphatic carbocycles. The molecular formula is C19H31N3O3S. The number of nitrogens with one attached hydrogen (secondary N) is 2. The number of nitrogens with zero attached hydrogens (tertiary/aromatic N) is 1. The first-order valence-corrected chi connectivity index (χ1v) is 11.2. The Morgan fingerprint density at radius 1 is 1.19 bits per heavy atom. The van der Waals surface area contributed by atoms with E-state index in [2.05, 4.69) is 10.6 Å². The number of urea groups is 1. The van der Waals surface area contributed by atoms with Crippen molar-refractivity contribution in [3.63, 3.8) is 0 Å². The first-order chi connectivity index (χ1) is 12.3. The van der Waals surface area contributed by atoms with Gasteiger partial charge < -0.3 is 10.6 Å². The van der Waals surface area contributed by atoms with Crippen molar-refractivity contribution >= 4 is 21.7 Å². The van der Waals surface area contributed by atoms with Crippen LogP contribution in [0.3, 0.4) is 0 Å². The van der Waals surface area contributed by atoms with Gasteiger partial charge in [-0.1, -0.05) is 51.3 Å². The van der Waals surface area contributed by atoms with Crippen molar-refractivity contribution in [2.75, 3.05) is 23.7 Å². The van der Waals surface area contributed by atoms with Gasteiger partial charge in [-0.05, 0) is 30.4 Å². The molecule has 2 N–H and O–H groups in total. The summed E-state index contributed by atoms with van der Waals surface area (Å²) in [5.41, 5.74) is 1.66. The minimum absolute atomic E-state index is 0.206. The van der Waals surface area contributed by atoms with Crippen LogP contribution in [0, 0.1) is 0 Å². The molecular weight excluding hydrogens is 350 g/mol. The Balaban J connectivity index is 1.98. The summed E-state index contributed by atoms with van der Waals surface area (Å²) in [6.45, 7) is 4.54. The number of rotatable bonds is 7. The van der Waals surface area contributed by atoms with Crippen molar-refractivity contribution in [3.8, 4) is 0 Å². The fourth-order valence-electron chi connectivity index (χ4n) is 3.42. The van der Waals surface area contributed by atoms with Crippen LogP contribution in [-0.4, -0.2) is 39.8 Å². The Kier molecular flexibility index (Phi) is 7.32. The maximum absolute atomic E-state index is 12.3. The molecule has 1 saturated carbocycles. The summed E-state index contributed by atoms with van der Waals surface area (Å²) < 4.78 is 26.0. The standard InChI is InChI=1S/C19H31N3O3S/c1-15(2)17-11-7-8-12-18(17)22(26(3,24)25)14-13-20-19(23)21-16-9-5-4-6-10-16/h7-8,11-12,15-16H,4-6,9-10,13-14H2,1-3H3,(H2,20,21,23). The number of sulfonamides is 1. The third kappa shape index (κ3) is 5.90. The molecule has 0 aliphatic heterocycles. The highest BCUT2D eigenvalue weighted by Gasteiger charge is 2.21. The Labute approximate surface area is 157 Å². The fraction of sp³-hybridized carbons (Fsp3) is 0.632. The summed E-state index contributed by atoms with van der Waals surface area (Å²) in [4.78, 5) is 12.1. The highest BCUT2D eigenvalue weighted by Crippen LogP contribution is 2.28. The van der Waals surface area contributed by atoms with Crippen LogP contribution in [-0.2, 0) is 10.0 Å². The molecule has 7 heteroatoms. The molecule has 26 heavy (non-hydrogen) atoms. The van der Waals surface area contributed by atoms with Gasteiger partial charge >= 0.3 is 6.03 Å². The minimum Gasteiger partial charge on any atom is -0.336 e. The molecule has 2 amide bonds. The second-order valence-corrected chi connectivity index (χ2v) is 9.19.